The van der Waals surface area contributed by atoms with Crippen molar-refractivity contribution in [2.75, 3.05) is 7.11 Å². The maximum Gasteiger partial charge on any atom is 0.164 e. The third-order valence-electron chi connectivity index (χ3n) is 4.00. The highest BCUT2D eigenvalue weighted by Gasteiger charge is 2.32. The van der Waals surface area contributed by atoms with Gasteiger partial charge in [-0.2, -0.15) is 0 Å². The molecule has 0 N–H and O–H groups in total. The van der Waals surface area contributed by atoms with E-state index in [1.807, 2.05) is 0 Å². The Labute approximate surface area is 99.8 Å². The second kappa shape index (κ2) is 7.05. The van der Waals surface area contributed by atoms with Gasteiger partial charge in [0, 0.05) is 13.0 Å². The van der Waals surface area contributed by atoms with E-state index in [1.54, 1.807) is 7.11 Å². The van der Waals surface area contributed by atoms with E-state index >= 15 is 0 Å². The van der Waals surface area contributed by atoms with E-state index in [2.05, 4.69) is 13.8 Å². The van der Waals surface area contributed by atoms with Gasteiger partial charge in [-0.1, -0.05) is 33.1 Å². The van der Waals surface area contributed by atoms with Crippen molar-refractivity contribution in [3.05, 3.63) is 0 Å². The summed E-state index contributed by atoms with van der Waals surface area (Å²) in [7, 11) is 1.69. The molecule has 16 heavy (non-hydrogen) atoms. The number of carbonyl (C=O) groups excluding carboxylic acids is 1. The van der Waals surface area contributed by atoms with Gasteiger partial charge in [0.15, 0.2) is 5.78 Å². The fourth-order valence-electron chi connectivity index (χ4n) is 2.90. The molecule has 1 fully saturated rings. The van der Waals surface area contributed by atoms with Crippen LogP contribution in [0.3, 0.4) is 0 Å². The molecule has 0 spiro atoms. The third kappa shape index (κ3) is 3.31. The first-order valence-electron chi connectivity index (χ1n) is 6.81. The Morgan fingerprint density at radius 2 is 1.75 bits per heavy atom. The van der Waals surface area contributed by atoms with Crippen molar-refractivity contribution in [3.63, 3.8) is 0 Å². The number of carbonyl (C=O) groups is 1. The highest BCUT2D eigenvalue weighted by atomic mass is 16.5. The number of methoxy groups -OCH3 is 1. The lowest BCUT2D eigenvalue weighted by Gasteiger charge is -2.30. The van der Waals surface area contributed by atoms with Crippen LogP contribution in [-0.4, -0.2) is 19.0 Å². The lowest BCUT2D eigenvalue weighted by Crippen LogP contribution is -2.37. The minimum absolute atomic E-state index is 0.134. The van der Waals surface area contributed by atoms with Crippen LogP contribution >= 0.6 is 0 Å². The molecule has 0 aliphatic heterocycles. The summed E-state index contributed by atoms with van der Waals surface area (Å²) in [6, 6.07) is 0. The van der Waals surface area contributed by atoms with E-state index in [0.717, 1.165) is 12.8 Å². The summed E-state index contributed by atoms with van der Waals surface area (Å²) >= 11 is 0. The van der Waals surface area contributed by atoms with Crippen LogP contribution in [0.1, 0.15) is 58.8 Å². The highest BCUT2D eigenvalue weighted by molar-refractivity contribution is 5.85. The summed E-state index contributed by atoms with van der Waals surface area (Å²) in [6.07, 6.45) is 7.96. The normalized spacial score (nSPS) is 20.0. The Morgan fingerprint density at radius 3 is 2.19 bits per heavy atom. The van der Waals surface area contributed by atoms with E-state index < -0.39 is 0 Å². The molecule has 0 heterocycles. The predicted molar refractivity (Wildman–Crippen MR) is 66.5 cm³/mol. The smallest absolute Gasteiger partial charge is 0.164 e. The number of hydrogen-bond donors (Lipinski definition) is 0. The van der Waals surface area contributed by atoms with Crippen LogP contribution in [0.4, 0.5) is 0 Å². The Bertz CT molecular complexity index is 203. The van der Waals surface area contributed by atoms with Crippen molar-refractivity contribution in [2.45, 2.75) is 64.9 Å². The van der Waals surface area contributed by atoms with E-state index in [9.17, 15) is 4.79 Å². The van der Waals surface area contributed by atoms with Gasteiger partial charge >= 0.3 is 0 Å². The Kier molecular flexibility index (Phi) is 6.04. The van der Waals surface area contributed by atoms with Gasteiger partial charge in [0.25, 0.3) is 0 Å². The molecule has 1 aliphatic carbocycles. The van der Waals surface area contributed by atoms with Crippen LogP contribution in [0, 0.1) is 11.8 Å². The molecule has 1 rings (SSSR count). The van der Waals surface area contributed by atoms with Gasteiger partial charge in [-0.05, 0) is 31.6 Å². The molecule has 0 aromatic carbocycles. The minimum atomic E-state index is -0.134. The summed E-state index contributed by atoms with van der Waals surface area (Å²) in [5.74, 6) is 1.03. The van der Waals surface area contributed by atoms with Crippen molar-refractivity contribution in [1.82, 2.24) is 0 Å². The van der Waals surface area contributed by atoms with E-state index in [4.69, 9.17) is 4.74 Å². The molecule has 0 radical (unpaired) electrons. The molecule has 1 aliphatic rings. The van der Waals surface area contributed by atoms with Crippen molar-refractivity contribution in [2.24, 2.45) is 11.8 Å². The molecule has 0 amide bonds. The van der Waals surface area contributed by atoms with Crippen molar-refractivity contribution in [3.8, 4) is 0 Å². The first-order chi connectivity index (χ1) is 7.74. The number of rotatable bonds is 6. The van der Waals surface area contributed by atoms with Crippen LogP contribution in [0.5, 0.6) is 0 Å². The van der Waals surface area contributed by atoms with Gasteiger partial charge in [-0.3, -0.25) is 4.79 Å². The fraction of sp³-hybridized carbons (Fsp3) is 0.929. The number of ketones is 1. The fourth-order valence-corrected chi connectivity index (χ4v) is 2.90. The number of ether oxygens (including phenoxy) is 1. The van der Waals surface area contributed by atoms with Gasteiger partial charge in [0.05, 0.1) is 0 Å². The Hall–Kier alpha value is -0.370. The minimum Gasteiger partial charge on any atom is -0.373 e. The standard InChI is InChI=1S/C14H26O2/c1-4-11(5-2)13(15)14(16-3)12-9-7-6-8-10-12/h11-12,14H,4-10H2,1-3H3. The first kappa shape index (κ1) is 13.7. The zero-order valence-corrected chi connectivity index (χ0v) is 11.0. The van der Waals surface area contributed by atoms with Gasteiger partial charge in [-0.15, -0.1) is 0 Å². The van der Waals surface area contributed by atoms with Crippen molar-refractivity contribution < 1.29 is 9.53 Å². The zero-order chi connectivity index (χ0) is 12.0. The molecule has 0 aromatic rings. The Morgan fingerprint density at radius 1 is 1.19 bits per heavy atom. The summed E-state index contributed by atoms with van der Waals surface area (Å²) in [5.41, 5.74) is 0. The highest BCUT2D eigenvalue weighted by Crippen LogP contribution is 2.30. The molecule has 1 atom stereocenters. The maximum absolute atomic E-state index is 12.3. The molecule has 1 unspecified atom stereocenters. The van der Waals surface area contributed by atoms with E-state index in [0.29, 0.717) is 11.7 Å². The Balaban J connectivity index is 2.60. The quantitative estimate of drug-likeness (QED) is 0.692. The largest absolute Gasteiger partial charge is 0.373 e. The third-order valence-corrected chi connectivity index (χ3v) is 4.00. The molecule has 0 saturated heterocycles. The molecule has 2 nitrogen and oxygen atoms in total. The van der Waals surface area contributed by atoms with Gasteiger partial charge in [-0.25, -0.2) is 0 Å². The molecular formula is C14H26O2. The average molecular weight is 226 g/mol. The average Bonchev–Trinajstić information content (AvgIpc) is 2.33. The van der Waals surface area contributed by atoms with E-state index in [-0.39, 0.29) is 12.0 Å². The lowest BCUT2D eigenvalue weighted by atomic mass is 9.80. The topological polar surface area (TPSA) is 26.3 Å². The van der Waals surface area contributed by atoms with Gasteiger partial charge in [0.1, 0.15) is 6.10 Å². The zero-order valence-electron chi connectivity index (χ0n) is 11.0. The second-order valence-electron chi connectivity index (χ2n) is 4.97. The summed E-state index contributed by atoms with van der Waals surface area (Å²) in [4.78, 5) is 12.3. The van der Waals surface area contributed by atoms with Crippen molar-refractivity contribution >= 4 is 5.78 Å². The SMILES string of the molecule is CCC(CC)C(=O)C(OC)C1CCCCC1. The van der Waals surface area contributed by atoms with Crippen LogP contribution in [0.2, 0.25) is 0 Å². The molecule has 1 saturated carbocycles. The van der Waals surface area contributed by atoms with Crippen molar-refractivity contribution in [1.29, 1.82) is 0 Å². The monoisotopic (exact) mass is 226 g/mol. The van der Waals surface area contributed by atoms with Crippen LogP contribution in [0.15, 0.2) is 0 Å². The molecule has 0 bridgehead atoms. The molecular weight excluding hydrogens is 200 g/mol. The maximum atomic E-state index is 12.3. The number of Topliss-reactive ketones (excluding diaryl/α,β-unsaturated/α-hetero) is 1. The molecule has 2 heteroatoms. The van der Waals surface area contributed by atoms with Gasteiger partial charge in [0.2, 0.25) is 0 Å². The van der Waals surface area contributed by atoms with E-state index in [1.165, 1.54) is 32.1 Å². The summed E-state index contributed by atoms with van der Waals surface area (Å²) in [5, 5.41) is 0. The molecule has 94 valence electrons. The van der Waals surface area contributed by atoms with Crippen LogP contribution in [-0.2, 0) is 9.53 Å². The predicted octanol–water partition coefficient (Wildman–Crippen LogP) is 3.59. The van der Waals surface area contributed by atoms with Crippen LogP contribution in [0.25, 0.3) is 0 Å². The summed E-state index contributed by atoms with van der Waals surface area (Å²) in [6.45, 7) is 4.19. The summed E-state index contributed by atoms with van der Waals surface area (Å²) < 4.78 is 5.49. The lowest BCUT2D eigenvalue weighted by molar-refractivity contribution is -0.137. The molecule has 0 aromatic heterocycles. The number of hydrogen-bond acceptors (Lipinski definition) is 2. The van der Waals surface area contributed by atoms with Gasteiger partial charge < -0.3 is 4.74 Å². The van der Waals surface area contributed by atoms with Crippen LogP contribution < -0.4 is 0 Å². The second-order valence-corrected chi connectivity index (χ2v) is 4.97. The first-order valence-corrected chi connectivity index (χ1v) is 6.81.